The van der Waals surface area contributed by atoms with Crippen molar-refractivity contribution in [2.24, 2.45) is 0 Å². The van der Waals surface area contributed by atoms with E-state index in [4.69, 9.17) is 9.47 Å². The topological polar surface area (TPSA) is 54.0 Å². The average Bonchev–Trinajstić information content (AvgIpc) is 2.39. The van der Waals surface area contributed by atoms with Gasteiger partial charge < -0.3 is 19.7 Å². The number of piperazine rings is 1. The van der Waals surface area contributed by atoms with Crippen LogP contribution in [0.4, 0.5) is 0 Å². The monoisotopic (exact) mass is 259 g/mol. The van der Waals surface area contributed by atoms with Gasteiger partial charge >= 0.3 is 0 Å². The van der Waals surface area contributed by atoms with Gasteiger partial charge in [-0.05, 0) is 7.05 Å². The normalized spacial score (nSPS) is 17.9. The minimum Gasteiger partial charge on any atom is -0.378 e. The molecule has 1 aliphatic heterocycles. The Hall–Kier alpha value is -0.690. The van der Waals surface area contributed by atoms with E-state index < -0.39 is 0 Å². The van der Waals surface area contributed by atoms with E-state index in [2.05, 4.69) is 22.2 Å². The molecule has 0 aromatic heterocycles. The molecule has 1 aliphatic rings. The zero-order valence-corrected chi connectivity index (χ0v) is 11.5. The van der Waals surface area contributed by atoms with Crippen molar-refractivity contribution in [1.29, 1.82) is 0 Å². The number of nitrogens with one attached hydrogen (secondary N) is 1. The molecule has 6 nitrogen and oxygen atoms in total. The zero-order chi connectivity index (χ0) is 13.2. The Morgan fingerprint density at radius 3 is 2.44 bits per heavy atom. The fourth-order valence-corrected chi connectivity index (χ4v) is 1.72. The number of hydrogen-bond donors (Lipinski definition) is 1. The number of ether oxygens (including phenoxy) is 2. The van der Waals surface area contributed by atoms with Gasteiger partial charge in [-0.2, -0.15) is 0 Å². The largest absolute Gasteiger partial charge is 0.378 e. The molecule has 1 heterocycles. The molecule has 1 N–H and O–H groups in total. The van der Waals surface area contributed by atoms with Crippen LogP contribution in [0.15, 0.2) is 0 Å². The highest BCUT2D eigenvalue weighted by molar-refractivity contribution is 5.76. The lowest BCUT2D eigenvalue weighted by atomic mass is 10.3. The molecule has 0 aliphatic carbocycles. The number of hydrogen-bond acceptors (Lipinski definition) is 5. The van der Waals surface area contributed by atoms with E-state index in [0.717, 1.165) is 39.3 Å². The Balaban J connectivity index is 1.85. The van der Waals surface area contributed by atoms with Gasteiger partial charge in [0, 0.05) is 39.8 Å². The molecule has 0 atom stereocenters. The van der Waals surface area contributed by atoms with E-state index in [9.17, 15) is 4.79 Å². The van der Waals surface area contributed by atoms with Crippen LogP contribution in [-0.2, 0) is 14.3 Å². The van der Waals surface area contributed by atoms with Crippen molar-refractivity contribution in [2.75, 3.05) is 73.2 Å². The highest BCUT2D eigenvalue weighted by atomic mass is 16.5. The van der Waals surface area contributed by atoms with Gasteiger partial charge in [-0.15, -0.1) is 0 Å². The van der Waals surface area contributed by atoms with Gasteiger partial charge in [0.15, 0.2) is 0 Å². The third kappa shape index (κ3) is 6.90. The molecular formula is C12H25N3O3. The fraction of sp³-hybridized carbons (Fsp3) is 0.917. The van der Waals surface area contributed by atoms with Gasteiger partial charge in [-0.3, -0.25) is 9.69 Å². The van der Waals surface area contributed by atoms with Gasteiger partial charge in [0.1, 0.15) is 6.61 Å². The van der Waals surface area contributed by atoms with Crippen molar-refractivity contribution in [3.63, 3.8) is 0 Å². The summed E-state index contributed by atoms with van der Waals surface area (Å²) in [6.45, 7) is 7.33. The van der Waals surface area contributed by atoms with Crippen LogP contribution < -0.4 is 5.32 Å². The molecule has 0 radical (unpaired) electrons. The van der Waals surface area contributed by atoms with Crippen molar-refractivity contribution in [3.05, 3.63) is 0 Å². The van der Waals surface area contributed by atoms with Crippen molar-refractivity contribution in [1.82, 2.24) is 15.1 Å². The highest BCUT2D eigenvalue weighted by Crippen LogP contribution is 1.98. The standard InChI is InChI=1S/C12H25N3O3/c1-13-12(16)11-18-10-9-17-8-7-15-5-3-14(2)4-6-15/h3-11H2,1-2H3,(H,13,16). The van der Waals surface area contributed by atoms with Crippen LogP contribution in [0.5, 0.6) is 0 Å². The predicted octanol–water partition coefficient (Wildman–Crippen LogP) is -0.987. The van der Waals surface area contributed by atoms with Gasteiger partial charge in [0.2, 0.25) is 5.91 Å². The first-order valence-electron chi connectivity index (χ1n) is 6.49. The van der Waals surface area contributed by atoms with E-state index in [0.29, 0.717) is 13.2 Å². The Morgan fingerprint density at radius 1 is 1.11 bits per heavy atom. The number of carbonyl (C=O) groups is 1. The number of likely N-dealkylation sites (N-methyl/N-ethyl adjacent to an activating group) is 2. The molecule has 0 saturated carbocycles. The van der Waals surface area contributed by atoms with Crippen LogP contribution in [0, 0.1) is 0 Å². The van der Waals surface area contributed by atoms with E-state index in [1.165, 1.54) is 0 Å². The Bertz CT molecular complexity index is 231. The maximum atomic E-state index is 10.8. The van der Waals surface area contributed by atoms with E-state index in [-0.39, 0.29) is 12.5 Å². The smallest absolute Gasteiger partial charge is 0.245 e. The predicted molar refractivity (Wildman–Crippen MR) is 69.6 cm³/mol. The van der Waals surface area contributed by atoms with Gasteiger partial charge in [0.05, 0.1) is 19.8 Å². The second-order valence-electron chi connectivity index (χ2n) is 4.48. The Kier molecular flexibility index (Phi) is 7.91. The molecule has 0 aromatic rings. The number of carbonyl (C=O) groups excluding carboxylic acids is 1. The zero-order valence-electron chi connectivity index (χ0n) is 11.5. The molecule has 0 unspecified atom stereocenters. The average molecular weight is 259 g/mol. The molecule has 0 aromatic carbocycles. The van der Waals surface area contributed by atoms with Crippen LogP contribution in [0.3, 0.4) is 0 Å². The first kappa shape index (κ1) is 15.4. The maximum absolute atomic E-state index is 10.8. The van der Waals surface area contributed by atoms with Gasteiger partial charge in [-0.25, -0.2) is 0 Å². The molecule has 106 valence electrons. The third-order valence-corrected chi connectivity index (χ3v) is 3.03. The van der Waals surface area contributed by atoms with Crippen molar-refractivity contribution < 1.29 is 14.3 Å². The molecule has 1 rings (SSSR count). The minimum absolute atomic E-state index is 0.104. The summed E-state index contributed by atoms with van der Waals surface area (Å²) in [7, 11) is 3.75. The van der Waals surface area contributed by atoms with E-state index in [1.807, 2.05) is 0 Å². The number of nitrogens with zero attached hydrogens (tertiary/aromatic N) is 2. The quantitative estimate of drug-likeness (QED) is 0.568. The second kappa shape index (κ2) is 9.27. The molecule has 1 amide bonds. The third-order valence-electron chi connectivity index (χ3n) is 3.03. The summed E-state index contributed by atoms with van der Waals surface area (Å²) in [6.07, 6.45) is 0. The number of rotatable bonds is 8. The lowest BCUT2D eigenvalue weighted by Crippen LogP contribution is -2.45. The van der Waals surface area contributed by atoms with Crippen LogP contribution in [-0.4, -0.2) is 89.0 Å². The summed E-state index contributed by atoms with van der Waals surface area (Å²) < 4.78 is 10.6. The first-order chi connectivity index (χ1) is 8.72. The van der Waals surface area contributed by atoms with Crippen LogP contribution in [0.2, 0.25) is 0 Å². The summed E-state index contributed by atoms with van der Waals surface area (Å²) >= 11 is 0. The summed E-state index contributed by atoms with van der Waals surface area (Å²) in [4.78, 5) is 15.6. The van der Waals surface area contributed by atoms with Crippen LogP contribution >= 0.6 is 0 Å². The van der Waals surface area contributed by atoms with Gasteiger partial charge in [0.25, 0.3) is 0 Å². The highest BCUT2D eigenvalue weighted by Gasteiger charge is 2.12. The lowest BCUT2D eigenvalue weighted by molar-refractivity contribution is -0.125. The summed E-state index contributed by atoms with van der Waals surface area (Å²) in [5.41, 5.74) is 0. The second-order valence-corrected chi connectivity index (χ2v) is 4.48. The maximum Gasteiger partial charge on any atom is 0.245 e. The minimum atomic E-state index is -0.104. The number of amides is 1. The molecule has 1 fully saturated rings. The van der Waals surface area contributed by atoms with Crippen molar-refractivity contribution in [2.45, 2.75) is 0 Å². The molecule has 0 bridgehead atoms. The molecule has 6 heteroatoms. The van der Waals surface area contributed by atoms with Crippen molar-refractivity contribution in [3.8, 4) is 0 Å². The Morgan fingerprint density at radius 2 is 1.78 bits per heavy atom. The lowest BCUT2D eigenvalue weighted by Gasteiger charge is -2.32. The fourth-order valence-electron chi connectivity index (χ4n) is 1.72. The Labute approximate surface area is 109 Å². The first-order valence-corrected chi connectivity index (χ1v) is 6.49. The molecule has 18 heavy (non-hydrogen) atoms. The van der Waals surface area contributed by atoms with Crippen LogP contribution in [0.1, 0.15) is 0 Å². The van der Waals surface area contributed by atoms with E-state index in [1.54, 1.807) is 7.05 Å². The van der Waals surface area contributed by atoms with Crippen molar-refractivity contribution >= 4 is 5.91 Å². The van der Waals surface area contributed by atoms with Gasteiger partial charge in [-0.1, -0.05) is 0 Å². The molecular weight excluding hydrogens is 234 g/mol. The SMILES string of the molecule is CNC(=O)COCCOCCN1CCN(C)CC1. The summed E-state index contributed by atoms with van der Waals surface area (Å²) in [5, 5.41) is 2.50. The summed E-state index contributed by atoms with van der Waals surface area (Å²) in [5.74, 6) is -0.104. The molecule has 0 spiro atoms. The van der Waals surface area contributed by atoms with E-state index >= 15 is 0 Å². The van der Waals surface area contributed by atoms with Crippen LogP contribution in [0.25, 0.3) is 0 Å². The molecule has 1 saturated heterocycles. The summed E-state index contributed by atoms with van der Waals surface area (Å²) in [6, 6.07) is 0.